The number of hydrogen-bond donors (Lipinski definition) is 0. The summed E-state index contributed by atoms with van der Waals surface area (Å²) in [5, 5.41) is 1.19. The molecule has 0 aliphatic carbocycles. The number of rotatable bonds is 3. The van der Waals surface area contributed by atoms with E-state index in [0.717, 1.165) is 0 Å². The maximum Gasteiger partial charge on any atom is 0.338 e. The highest BCUT2D eigenvalue weighted by molar-refractivity contribution is 6.19. The van der Waals surface area contributed by atoms with Crippen LogP contribution >= 0.6 is 0 Å². The van der Waals surface area contributed by atoms with Gasteiger partial charge in [-0.3, -0.25) is 4.79 Å². The molecule has 0 spiro atoms. The van der Waals surface area contributed by atoms with Crippen LogP contribution in [0.15, 0.2) is 60.7 Å². The lowest BCUT2D eigenvalue weighted by Gasteiger charge is -2.10. The maximum atomic E-state index is 13.9. The van der Waals surface area contributed by atoms with E-state index >= 15 is 0 Å². The highest BCUT2D eigenvalue weighted by Gasteiger charge is 2.19. The monoisotopic (exact) mass is 308 g/mol. The lowest BCUT2D eigenvalue weighted by molar-refractivity contribution is 0.0602. The van der Waals surface area contributed by atoms with Gasteiger partial charge in [0.05, 0.1) is 18.2 Å². The molecule has 0 unspecified atom stereocenters. The number of fused-ring (bicyclic) bond motifs is 1. The van der Waals surface area contributed by atoms with Crippen LogP contribution in [0.2, 0.25) is 0 Å². The van der Waals surface area contributed by atoms with Crippen LogP contribution in [-0.4, -0.2) is 18.9 Å². The second-order valence-electron chi connectivity index (χ2n) is 5.01. The Labute approximate surface area is 132 Å². The number of methoxy groups -OCH3 is 1. The number of halogens is 1. The van der Waals surface area contributed by atoms with E-state index in [1.807, 2.05) is 0 Å². The first-order chi connectivity index (χ1) is 11.1. The summed E-state index contributed by atoms with van der Waals surface area (Å²) < 4.78 is 18.7. The average Bonchev–Trinajstić information content (AvgIpc) is 2.60. The zero-order chi connectivity index (χ0) is 16.4. The average molecular weight is 308 g/mol. The first-order valence-corrected chi connectivity index (χ1v) is 7.02. The van der Waals surface area contributed by atoms with E-state index in [1.54, 1.807) is 30.3 Å². The van der Waals surface area contributed by atoms with Crippen molar-refractivity contribution in [3.63, 3.8) is 0 Å². The normalized spacial score (nSPS) is 10.5. The van der Waals surface area contributed by atoms with Crippen LogP contribution in [0.4, 0.5) is 4.39 Å². The minimum absolute atomic E-state index is 0.00321. The van der Waals surface area contributed by atoms with Crippen molar-refractivity contribution in [3.8, 4) is 0 Å². The molecular formula is C19H13FO3. The van der Waals surface area contributed by atoms with Crippen molar-refractivity contribution < 1.29 is 18.7 Å². The van der Waals surface area contributed by atoms with Crippen molar-refractivity contribution in [2.75, 3.05) is 7.11 Å². The summed E-state index contributed by atoms with van der Waals surface area (Å²) in [5.74, 6) is -1.47. The second kappa shape index (κ2) is 6.01. The first-order valence-electron chi connectivity index (χ1n) is 7.02. The van der Waals surface area contributed by atoms with Crippen LogP contribution in [0.25, 0.3) is 10.8 Å². The maximum absolute atomic E-state index is 13.9. The van der Waals surface area contributed by atoms with Crippen LogP contribution in [0.1, 0.15) is 26.3 Å². The molecule has 0 saturated carbocycles. The summed E-state index contributed by atoms with van der Waals surface area (Å²) in [6.45, 7) is 0. The van der Waals surface area contributed by atoms with Gasteiger partial charge < -0.3 is 4.74 Å². The summed E-state index contributed by atoms with van der Waals surface area (Å²) in [4.78, 5) is 24.5. The van der Waals surface area contributed by atoms with E-state index in [0.29, 0.717) is 21.9 Å². The van der Waals surface area contributed by atoms with Crippen molar-refractivity contribution in [3.05, 3.63) is 83.2 Å². The summed E-state index contributed by atoms with van der Waals surface area (Å²) in [6.07, 6.45) is 0. The highest BCUT2D eigenvalue weighted by atomic mass is 19.1. The summed E-state index contributed by atoms with van der Waals surface area (Å²) >= 11 is 0. The van der Waals surface area contributed by atoms with Gasteiger partial charge in [-0.15, -0.1) is 0 Å². The van der Waals surface area contributed by atoms with Crippen molar-refractivity contribution in [1.29, 1.82) is 0 Å². The third-order valence-electron chi connectivity index (χ3n) is 3.69. The number of carbonyl (C=O) groups excluding carboxylic acids is 2. The molecule has 0 aliphatic heterocycles. The van der Waals surface area contributed by atoms with Crippen molar-refractivity contribution in [2.24, 2.45) is 0 Å². The Bertz CT molecular complexity index is 915. The van der Waals surface area contributed by atoms with E-state index in [4.69, 9.17) is 4.74 Å². The number of ether oxygens (including phenoxy) is 1. The van der Waals surface area contributed by atoms with Crippen LogP contribution in [-0.2, 0) is 4.74 Å². The Hall–Kier alpha value is -3.01. The molecule has 0 aliphatic rings. The van der Waals surface area contributed by atoms with Crippen molar-refractivity contribution in [1.82, 2.24) is 0 Å². The molecule has 0 bridgehead atoms. The number of hydrogen-bond acceptors (Lipinski definition) is 3. The molecule has 4 heteroatoms. The molecule has 3 nitrogen and oxygen atoms in total. The zero-order valence-corrected chi connectivity index (χ0v) is 12.4. The SMILES string of the molecule is COC(=O)c1ccc(C(=O)c2ccccc2F)c2ccccc12. The van der Waals surface area contributed by atoms with Gasteiger partial charge in [-0.05, 0) is 35.0 Å². The molecule has 0 saturated heterocycles. The minimum Gasteiger partial charge on any atom is -0.465 e. The van der Waals surface area contributed by atoms with Gasteiger partial charge in [0, 0.05) is 5.56 Å². The standard InChI is InChI=1S/C19H13FO3/c1-23-19(22)15-11-10-14(12-6-2-3-7-13(12)15)18(21)16-8-4-5-9-17(16)20/h2-11H,1H3. The summed E-state index contributed by atoms with van der Waals surface area (Å²) in [6, 6.07) is 15.9. The zero-order valence-electron chi connectivity index (χ0n) is 12.4. The van der Waals surface area contributed by atoms with Crippen molar-refractivity contribution in [2.45, 2.75) is 0 Å². The number of benzene rings is 3. The van der Waals surface area contributed by atoms with E-state index in [1.165, 1.54) is 37.4 Å². The third kappa shape index (κ3) is 2.59. The van der Waals surface area contributed by atoms with Crippen molar-refractivity contribution >= 4 is 22.5 Å². The topological polar surface area (TPSA) is 43.4 Å². The molecule has 0 amide bonds. The Balaban J connectivity index is 2.22. The Kier molecular flexibility index (Phi) is 3.89. The van der Waals surface area contributed by atoms with Crippen LogP contribution in [0.3, 0.4) is 0 Å². The van der Waals surface area contributed by atoms with Gasteiger partial charge in [0.15, 0.2) is 5.78 Å². The van der Waals surface area contributed by atoms with Crippen LogP contribution in [0.5, 0.6) is 0 Å². The van der Waals surface area contributed by atoms with Gasteiger partial charge in [0.1, 0.15) is 5.82 Å². The molecule has 0 atom stereocenters. The van der Waals surface area contributed by atoms with Gasteiger partial charge in [-0.1, -0.05) is 36.4 Å². The van der Waals surface area contributed by atoms with E-state index in [-0.39, 0.29) is 5.56 Å². The highest BCUT2D eigenvalue weighted by Crippen LogP contribution is 2.26. The molecule has 23 heavy (non-hydrogen) atoms. The molecule has 3 aromatic rings. The smallest absolute Gasteiger partial charge is 0.338 e. The fraction of sp³-hybridized carbons (Fsp3) is 0.0526. The van der Waals surface area contributed by atoms with Gasteiger partial charge >= 0.3 is 5.97 Å². The number of carbonyl (C=O) groups is 2. The second-order valence-corrected chi connectivity index (χ2v) is 5.01. The van der Waals surface area contributed by atoms with Gasteiger partial charge in [0.2, 0.25) is 0 Å². The molecule has 114 valence electrons. The lowest BCUT2D eigenvalue weighted by atomic mass is 9.94. The summed E-state index contributed by atoms with van der Waals surface area (Å²) in [7, 11) is 1.30. The molecule has 0 radical (unpaired) electrons. The minimum atomic E-state index is -0.571. The molecule has 0 fully saturated rings. The van der Waals surface area contributed by atoms with E-state index in [2.05, 4.69) is 0 Å². The number of ketones is 1. The Morgan fingerprint density at radius 1 is 0.783 bits per heavy atom. The fourth-order valence-corrected chi connectivity index (χ4v) is 2.58. The summed E-state index contributed by atoms with van der Waals surface area (Å²) in [5.41, 5.74) is 0.718. The van der Waals surface area contributed by atoms with Crippen LogP contribution in [0, 0.1) is 5.82 Å². The molecule has 3 rings (SSSR count). The first kappa shape index (κ1) is 14.9. The molecule has 0 heterocycles. The third-order valence-corrected chi connectivity index (χ3v) is 3.69. The Morgan fingerprint density at radius 2 is 1.35 bits per heavy atom. The molecule has 0 aromatic heterocycles. The quantitative estimate of drug-likeness (QED) is 0.542. The molecule has 3 aromatic carbocycles. The van der Waals surface area contributed by atoms with E-state index < -0.39 is 17.6 Å². The van der Waals surface area contributed by atoms with Gasteiger partial charge in [-0.25, -0.2) is 9.18 Å². The van der Waals surface area contributed by atoms with Gasteiger partial charge in [0.25, 0.3) is 0 Å². The lowest BCUT2D eigenvalue weighted by Crippen LogP contribution is -2.08. The number of esters is 1. The van der Waals surface area contributed by atoms with Crippen LogP contribution < -0.4 is 0 Å². The van der Waals surface area contributed by atoms with Gasteiger partial charge in [-0.2, -0.15) is 0 Å². The predicted octanol–water partition coefficient (Wildman–Crippen LogP) is 4.00. The predicted molar refractivity (Wildman–Crippen MR) is 85.1 cm³/mol. The fourth-order valence-electron chi connectivity index (χ4n) is 2.58. The Morgan fingerprint density at radius 3 is 2.00 bits per heavy atom. The largest absolute Gasteiger partial charge is 0.465 e. The molecular weight excluding hydrogens is 295 g/mol. The van der Waals surface area contributed by atoms with E-state index in [9.17, 15) is 14.0 Å². The molecule has 0 N–H and O–H groups in total.